The number of carboxylic acid groups (broad SMARTS) is 1. The highest BCUT2D eigenvalue weighted by molar-refractivity contribution is 5.85. The lowest BCUT2D eigenvalue weighted by atomic mass is 9.78. The molecule has 2 aliphatic rings. The lowest BCUT2D eigenvalue weighted by Gasteiger charge is -2.44. The number of piperidine rings is 1. The van der Waals surface area contributed by atoms with Gasteiger partial charge in [0.05, 0.1) is 0 Å². The number of nitrogens with zero attached hydrogens (tertiary/aromatic N) is 3. The maximum Gasteiger partial charge on any atom is 0.356 e. The van der Waals surface area contributed by atoms with E-state index < -0.39 is 5.97 Å². The van der Waals surface area contributed by atoms with Gasteiger partial charge in [-0.3, -0.25) is 0 Å². The molecule has 102 valence electrons. The predicted molar refractivity (Wildman–Crippen MR) is 71.3 cm³/mol. The van der Waals surface area contributed by atoms with E-state index in [1.165, 1.54) is 38.5 Å². The molecule has 1 aromatic heterocycles. The molecule has 2 atom stereocenters. The third kappa shape index (κ3) is 2.41. The van der Waals surface area contributed by atoms with Gasteiger partial charge in [-0.1, -0.05) is 12.8 Å². The Morgan fingerprint density at radius 2 is 1.95 bits per heavy atom. The van der Waals surface area contributed by atoms with Crippen molar-refractivity contribution in [3.8, 4) is 0 Å². The SMILES string of the molecule is O=C(O)c1ccc(N2CCCC3CCCCC32)nn1. The molecule has 0 spiro atoms. The Kier molecular flexibility index (Phi) is 3.36. The van der Waals surface area contributed by atoms with Crippen LogP contribution in [0.4, 0.5) is 5.82 Å². The van der Waals surface area contributed by atoms with Crippen molar-refractivity contribution in [3.63, 3.8) is 0 Å². The third-order valence-electron chi connectivity index (χ3n) is 4.41. The van der Waals surface area contributed by atoms with Gasteiger partial charge in [-0.2, -0.15) is 0 Å². The van der Waals surface area contributed by atoms with Gasteiger partial charge in [-0.25, -0.2) is 4.79 Å². The average Bonchev–Trinajstić information content (AvgIpc) is 2.47. The molecule has 3 rings (SSSR count). The van der Waals surface area contributed by atoms with Crippen LogP contribution in [-0.4, -0.2) is 33.9 Å². The molecule has 2 fully saturated rings. The molecule has 5 heteroatoms. The summed E-state index contributed by atoms with van der Waals surface area (Å²) in [5, 5.41) is 16.8. The molecule has 19 heavy (non-hydrogen) atoms. The summed E-state index contributed by atoms with van der Waals surface area (Å²) in [5.41, 5.74) is 0.0148. The summed E-state index contributed by atoms with van der Waals surface area (Å²) in [6.07, 6.45) is 7.71. The second-order valence-corrected chi connectivity index (χ2v) is 5.53. The first-order chi connectivity index (χ1) is 9.25. The average molecular weight is 261 g/mol. The van der Waals surface area contributed by atoms with Crippen LogP contribution in [0.25, 0.3) is 0 Å². The summed E-state index contributed by atoms with van der Waals surface area (Å²) in [4.78, 5) is 13.1. The van der Waals surface area contributed by atoms with Gasteiger partial charge in [0, 0.05) is 12.6 Å². The van der Waals surface area contributed by atoms with Crippen LogP contribution < -0.4 is 4.90 Å². The number of anilines is 1. The van der Waals surface area contributed by atoms with Gasteiger partial charge in [-0.15, -0.1) is 10.2 Å². The number of hydrogen-bond donors (Lipinski definition) is 1. The van der Waals surface area contributed by atoms with E-state index in [2.05, 4.69) is 15.1 Å². The number of aromatic carboxylic acids is 1. The quantitative estimate of drug-likeness (QED) is 0.885. The van der Waals surface area contributed by atoms with Crippen molar-refractivity contribution < 1.29 is 9.90 Å². The van der Waals surface area contributed by atoms with Crippen LogP contribution >= 0.6 is 0 Å². The first-order valence-corrected chi connectivity index (χ1v) is 7.09. The second-order valence-electron chi connectivity index (χ2n) is 5.53. The van der Waals surface area contributed by atoms with Crippen LogP contribution in [0.5, 0.6) is 0 Å². The molecule has 2 unspecified atom stereocenters. The minimum Gasteiger partial charge on any atom is -0.476 e. The summed E-state index contributed by atoms with van der Waals surface area (Å²) in [5.74, 6) is 0.596. The molecule has 1 aromatic rings. The Hall–Kier alpha value is -1.65. The first kappa shape index (κ1) is 12.4. The molecule has 1 aliphatic carbocycles. The molecular formula is C14H19N3O2. The van der Waals surface area contributed by atoms with Crippen LogP contribution in [-0.2, 0) is 0 Å². The molecule has 0 amide bonds. The standard InChI is InChI=1S/C14H19N3O2/c18-14(19)11-7-8-13(16-15-11)17-9-3-5-10-4-1-2-6-12(10)17/h7-8,10,12H,1-6,9H2,(H,18,19). The monoisotopic (exact) mass is 261 g/mol. The molecule has 1 saturated heterocycles. The fourth-order valence-corrected chi connectivity index (χ4v) is 3.50. The van der Waals surface area contributed by atoms with E-state index in [4.69, 9.17) is 5.11 Å². The zero-order valence-electron chi connectivity index (χ0n) is 11.0. The zero-order valence-corrected chi connectivity index (χ0v) is 11.0. The second kappa shape index (κ2) is 5.15. The Balaban J connectivity index is 1.81. The van der Waals surface area contributed by atoms with Crippen molar-refractivity contribution in [3.05, 3.63) is 17.8 Å². The van der Waals surface area contributed by atoms with Crippen molar-refractivity contribution in [1.82, 2.24) is 10.2 Å². The van der Waals surface area contributed by atoms with Gasteiger partial charge in [0.25, 0.3) is 0 Å². The van der Waals surface area contributed by atoms with Gasteiger partial charge < -0.3 is 10.0 Å². The van der Waals surface area contributed by atoms with Crippen LogP contribution in [0, 0.1) is 5.92 Å². The maximum absolute atomic E-state index is 10.8. The van der Waals surface area contributed by atoms with Crippen LogP contribution in [0.2, 0.25) is 0 Å². The molecule has 0 bridgehead atoms. The molecule has 2 heterocycles. The van der Waals surface area contributed by atoms with Crippen molar-refractivity contribution >= 4 is 11.8 Å². The van der Waals surface area contributed by atoms with E-state index in [1.807, 2.05) is 0 Å². The van der Waals surface area contributed by atoms with Crippen molar-refractivity contribution in [2.75, 3.05) is 11.4 Å². The molecule has 1 saturated carbocycles. The lowest BCUT2D eigenvalue weighted by Crippen LogP contribution is -2.47. The number of rotatable bonds is 2. The molecule has 0 radical (unpaired) electrons. The first-order valence-electron chi connectivity index (χ1n) is 7.09. The summed E-state index contributed by atoms with van der Waals surface area (Å²) < 4.78 is 0. The van der Waals surface area contributed by atoms with Gasteiger partial charge in [-0.05, 0) is 43.7 Å². The Morgan fingerprint density at radius 1 is 1.16 bits per heavy atom. The number of aromatic nitrogens is 2. The van der Waals surface area contributed by atoms with Crippen LogP contribution in [0.1, 0.15) is 49.0 Å². The number of hydrogen-bond acceptors (Lipinski definition) is 4. The van der Waals surface area contributed by atoms with Gasteiger partial charge in [0.1, 0.15) is 0 Å². The summed E-state index contributed by atoms with van der Waals surface area (Å²) in [6, 6.07) is 3.93. The summed E-state index contributed by atoms with van der Waals surface area (Å²) in [6.45, 7) is 1.02. The van der Waals surface area contributed by atoms with Crippen molar-refractivity contribution in [2.45, 2.75) is 44.6 Å². The topological polar surface area (TPSA) is 66.3 Å². The Bertz CT molecular complexity index is 458. The normalized spacial score (nSPS) is 26.8. The molecule has 0 aromatic carbocycles. The van der Waals surface area contributed by atoms with E-state index in [-0.39, 0.29) is 5.69 Å². The predicted octanol–water partition coefficient (Wildman–Crippen LogP) is 2.33. The van der Waals surface area contributed by atoms with Crippen LogP contribution in [0.3, 0.4) is 0 Å². The van der Waals surface area contributed by atoms with Gasteiger partial charge >= 0.3 is 5.97 Å². The summed E-state index contributed by atoms with van der Waals surface area (Å²) in [7, 11) is 0. The molecule has 1 aliphatic heterocycles. The zero-order chi connectivity index (χ0) is 13.2. The highest BCUT2D eigenvalue weighted by atomic mass is 16.4. The van der Waals surface area contributed by atoms with E-state index in [1.54, 1.807) is 12.1 Å². The van der Waals surface area contributed by atoms with Crippen molar-refractivity contribution in [2.24, 2.45) is 5.92 Å². The minimum absolute atomic E-state index is 0.0148. The highest BCUT2D eigenvalue weighted by Crippen LogP contribution is 2.36. The van der Waals surface area contributed by atoms with Gasteiger partial charge in [0.2, 0.25) is 0 Å². The van der Waals surface area contributed by atoms with Crippen molar-refractivity contribution in [1.29, 1.82) is 0 Å². The van der Waals surface area contributed by atoms with E-state index in [0.29, 0.717) is 6.04 Å². The molecular weight excluding hydrogens is 242 g/mol. The Morgan fingerprint density at radius 3 is 2.68 bits per heavy atom. The lowest BCUT2D eigenvalue weighted by molar-refractivity contribution is 0.0689. The molecule has 1 N–H and O–H groups in total. The van der Waals surface area contributed by atoms with Gasteiger partial charge in [0.15, 0.2) is 11.5 Å². The Labute approximate surface area is 112 Å². The van der Waals surface area contributed by atoms with E-state index in [9.17, 15) is 4.79 Å². The third-order valence-corrected chi connectivity index (χ3v) is 4.41. The maximum atomic E-state index is 10.8. The largest absolute Gasteiger partial charge is 0.476 e. The fraction of sp³-hybridized carbons (Fsp3) is 0.643. The van der Waals surface area contributed by atoms with E-state index >= 15 is 0 Å². The smallest absolute Gasteiger partial charge is 0.356 e. The number of carboxylic acids is 1. The van der Waals surface area contributed by atoms with E-state index in [0.717, 1.165) is 18.3 Å². The minimum atomic E-state index is -1.02. The number of carbonyl (C=O) groups is 1. The fourth-order valence-electron chi connectivity index (χ4n) is 3.50. The highest BCUT2D eigenvalue weighted by Gasteiger charge is 2.33. The van der Waals surface area contributed by atoms with Crippen LogP contribution in [0.15, 0.2) is 12.1 Å². The molecule has 5 nitrogen and oxygen atoms in total. The summed E-state index contributed by atoms with van der Waals surface area (Å²) >= 11 is 0. The number of fused-ring (bicyclic) bond motifs is 1.